The summed E-state index contributed by atoms with van der Waals surface area (Å²) in [5, 5.41) is 12.0. The number of carboxylic acid groups (broad SMARTS) is 1. The lowest BCUT2D eigenvalue weighted by atomic mass is 9.98. The Hall–Kier alpha value is -3.60. The van der Waals surface area contributed by atoms with E-state index in [1.807, 2.05) is 49.4 Å². The number of hydrogen-bond donors (Lipinski definition) is 2. The average Bonchev–Trinajstić information content (AvgIpc) is 3.04. The first-order chi connectivity index (χ1) is 14.0. The van der Waals surface area contributed by atoms with Gasteiger partial charge in [-0.1, -0.05) is 78.4 Å². The molecule has 0 unspecified atom stereocenters. The monoisotopic (exact) mass is 387 g/mol. The fourth-order valence-electron chi connectivity index (χ4n) is 3.90. The molecule has 0 aromatic heterocycles. The minimum Gasteiger partial charge on any atom is -0.479 e. The highest BCUT2D eigenvalue weighted by molar-refractivity contribution is 5.82. The molecule has 1 amide bonds. The summed E-state index contributed by atoms with van der Waals surface area (Å²) in [4.78, 5) is 24.1. The van der Waals surface area contributed by atoms with Crippen molar-refractivity contribution < 1.29 is 19.4 Å². The minimum absolute atomic E-state index is 0.0737. The number of alkyl carbamates (subject to hydrolysis) is 1. The number of hydrogen-bond acceptors (Lipinski definition) is 3. The summed E-state index contributed by atoms with van der Waals surface area (Å²) in [6.07, 6.45) is -0.749. The second-order valence-corrected chi connectivity index (χ2v) is 7.16. The number of aryl methyl sites for hydroxylation is 1. The molecule has 1 atom stereocenters. The van der Waals surface area contributed by atoms with Crippen LogP contribution in [0.2, 0.25) is 0 Å². The van der Waals surface area contributed by atoms with Crippen LogP contribution in [0.4, 0.5) is 4.79 Å². The maximum absolute atomic E-state index is 12.4. The first-order valence-corrected chi connectivity index (χ1v) is 9.45. The fourth-order valence-corrected chi connectivity index (χ4v) is 3.90. The number of nitrogens with one attached hydrogen (secondary N) is 1. The van der Waals surface area contributed by atoms with Gasteiger partial charge in [-0.3, -0.25) is 0 Å². The SMILES string of the molecule is Cc1cccc([C@@H](NC(=O)OCC2c3ccccc3-c3ccccc32)C(=O)O)c1. The van der Waals surface area contributed by atoms with Crippen molar-refractivity contribution in [3.05, 3.63) is 95.1 Å². The van der Waals surface area contributed by atoms with Crippen LogP contribution in [0.5, 0.6) is 0 Å². The molecular formula is C24H21NO4. The van der Waals surface area contributed by atoms with E-state index in [4.69, 9.17) is 4.74 Å². The molecule has 0 spiro atoms. The summed E-state index contributed by atoms with van der Waals surface area (Å²) in [6, 6.07) is 22.0. The number of aliphatic carboxylic acids is 1. The molecule has 0 heterocycles. The Balaban J connectivity index is 1.49. The van der Waals surface area contributed by atoms with E-state index in [1.165, 1.54) is 0 Å². The van der Waals surface area contributed by atoms with Crippen LogP contribution in [0, 0.1) is 6.92 Å². The Morgan fingerprint density at radius 1 is 0.966 bits per heavy atom. The highest BCUT2D eigenvalue weighted by atomic mass is 16.5. The van der Waals surface area contributed by atoms with Crippen molar-refractivity contribution in [3.63, 3.8) is 0 Å². The first-order valence-electron chi connectivity index (χ1n) is 9.45. The summed E-state index contributed by atoms with van der Waals surface area (Å²) >= 11 is 0. The third-order valence-corrected chi connectivity index (χ3v) is 5.23. The van der Waals surface area contributed by atoms with Crippen molar-refractivity contribution in [2.75, 3.05) is 6.61 Å². The second kappa shape index (κ2) is 7.80. The van der Waals surface area contributed by atoms with Crippen molar-refractivity contribution in [2.45, 2.75) is 18.9 Å². The molecule has 0 aliphatic heterocycles. The van der Waals surface area contributed by atoms with E-state index in [0.717, 1.165) is 27.8 Å². The van der Waals surface area contributed by atoms with Gasteiger partial charge in [-0.25, -0.2) is 9.59 Å². The van der Waals surface area contributed by atoms with Crippen LogP contribution in [0.25, 0.3) is 11.1 Å². The highest BCUT2D eigenvalue weighted by Crippen LogP contribution is 2.44. The lowest BCUT2D eigenvalue weighted by Crippen LogP contribution is -2.34. The van der Waals surface area contributed by atoms with Crippen LogP contribution in [0.15, 0.2) is 72.8 Å². The number of carbonyl (C=O) groups is 2. The predicted octanol–water partition coefficient (Wildman–Crippen LogP) is 4.66. The maximum atomic E-state index is 12.4. The Labute approximate surface area is 169 Å². The van der Waals surface area contributed by atoms with Crippen LogP contribution >= 0.6 is 0 Å². The number of ether oxygens (including phenoxy) is 1. The molecule has 3 aromatic rings. The summed E-state index contributed by atoms with van der Waals surface area (Å²) in [5.41, 5.74) is 5.92. The van der Waals surface area contributed by atoms with Crippen LogP contribution < -0.4 is 5.32 Å². The van der Waals surface area contributed by atoms with E-state index >= 15 is 0 Å². The van der Waals surface area contributed by atoms with Gasteiger partial charge >= 0.3 is 12.1 Å². The van der Waals surface area contributed by atoms with E-state index < -0.39 is 18.1 Å². The molecule has 2 N–H and O–H groups in total. The summed E-state index contributed by atoms with van der Waals surface area (Å²) in [5.74, 6) is -1.21. The molecular weight excluding hydrogens is 366 g/mol. The van der Waals surface area contributed by atoms with Gasteiger partial charge < -0.3 is 15.2 Å². The van der Waals surface area contributed by atoms with E-state index in [9.17, 15) is 14.7 Å². The van der Waals surface area contributed by atoms with Gasteiger partial charge in [0.05, 0.1) is 0 Å². The predicted molar refractivity (Wildman–Crippen MR) is 110 cm³/mol. The molecule has 146 valence electrons. The molecule has 29 heavy (non-hydrogen) atoms. The summed E-state index contributed by atoms with van der Waals surface area (Å²) in [7, 11) is 0. The van der Waals surface area contributed by atoms with Crippen LogP contribution in [0.3, 0.4) is 0 Å². The topological polar surface area (TPSA) is 75.6 Å². The number of amides is 1. The largest absolute Gasteiger partial charge is 0.479 e. The molecule has 0 radical (unpaired) electrons. The zero-order chi connectivity index (χ0) is 20.4. The van der Waals surface area contributed by atoms with E-state index in [-0.39, 0.29) is 12.5 Å². The molecule has 0 bridgehead atoms. The van der Waals surface area contributed by atoms with Crippen molar-refractivity contribution in [1.82, 2.24) is 5.32 Å². The van der Waals surface area contributed by atoms with Crippen molar-refractivity contribution >= 4 is 12.1 Å². The molecule has 1 aliphatic carbocycles. The third kappa shape index (κ3) is 3.72. The standard InChI is InChI=1S/C24H21NO4/c1-15-7-6-8-16(13-15)22(23(26)27)25-24(28)29-14-21-19-11-4-2-9-17(19)18-10-3-5-12-20(18)21/h2-13,21-22H,14H2,1H3,(H,25,28)(H,26,27)/t22-/m1/s1. The van der Waals surface area contributed by atoms with Crippen LogP contribution in [-0.4, -0.2) is 23.8 Å². The number of benzene rings is 3. The Morgan fingerprint density at radius 3 is 2.17 bits per heavy atom. The molecule has 5 heteroatoms. The molecule has 0 fully saturated rings. The molecule has 3 aromatic carbocycles. The van der Waals surface area contributed by atoms with Gasteiger partial charge in [-0.2, -0.15) is 0 Å². The zero-order valence-electron chi connectivity index (χ0n) is 16.0. The van der Waals surface area contributed by atoms with Gasteiger partial charge in [0.15, 0.2) is 6.04 Å². The summed E-state index contributed by atoms with van der Waals surface area (Å²) < 4.78 is 5.46. The number of carbonyl (C=O) groups excluding carboxylic acids is 1. The van der Waals surface area contributed by atoms with Gasteiger partial charge in [0.2, 0.25) is 0 Å². The summed E-state index contributed by atoms with van der Waals surface area (Å²) in [6.45, 7) is 2.01. The lowest BCUT2D eigenvalue weighted by Gasteiger charge is -2.18. The van der Waals surface area contributed by atoms with Gasteiger partial charge in [0.25, 0.3) is 0 Å². The zero-order valence-corrected chi connectivity index (χ0v) is 16.0. The minimum atomic E-state index is -1.16. The smallest absolute Gasteiger partial charge is 0.408 e. The van der Waals surface area contributed by atoms with Crippen LogP contribution in [-0.2, 0) is 9.53 Å². The Morgan fingerprint density at radius 2 is 1.59 bits per heavy atom. The molecule has 1 aliphatic rings. The van der Waals surface area contributed by atoms with Gasteiger partial charge in [-0.05, 0) is 34.7 Å². The fraction of sp³-hybridized carbons (Fsp3) is 0.167. The second-order valence-electron chi connectivity index (χ2n) is 7.16. The third-order valence-electron chi connectivity index (χ3n) is 5.23. The molecule has 0 saturated heterocycles. The van der Waals surface area contributed by atoms with E-state index in [1.54, 1.807) is 18.2 Å². The maximum Gasteiger partial charge on any atom is 0.408 e. The van der Waals surface area contributed by atoms with Crippen molar-refractivity contribution in [3.8, 4) is 11.1 Å². The number of fused-ring (bicyclic) bond motifs is 3. The quantitative estimate of drug-likeness (QED) is 0.668. The molecule has 4 rings (SSSR count). The van der Waals surface area contributed by atoms with Crippen molar-refractivity contribution in [1.29, 1.82) is 0 Å². The van der Waals surface area contributed by atoms with Gasteiger partial charge in [0, 0.05) is 5.92 Å². The Kier molecular flexibility index (Phi) is 5.04. The first kappa shape index (κ1) is 18.7. The van der Waals surface area contributed by atoms with Gasteiger partial charge in [-0.15, -0.1) is 0 Å². The Bertz CT molecular complexity index is 1030. The lowest BCUT2D eigenvalue weighted by molar-refractivity contribution is -0.139. The number of rotatable bonds is 5. The van der Waals surface area contributed by atoms with E-state index in [2.05, 4.69) is 17.4 Å². The molecule has 5 nitrogen and oxygen atoms in total. The average molecular weight is 387 g/mol. The molecule has 0 saturated carbocycles. The van der Waals surface area contributed by atoms with E-state index in [0.29, 0.717) is 5.56 Å². The highest BCUT2D eigenvalue weighted by Gasteiger charge is 2.30. The van der Waals surface area contributed by atoms with Gasteiger partial charge in [0.1, 0.15) is 6.61 Å². The van der Waals surface area contributed by atoms with Crippen LogP contribution in [0.1, 0.15) is 34.2 Å². The normalized spacial score (nSPS) is 13.3. The number of carboxylic acids is 1. The van der Waals surface area contributed by atoms with Crippen molar-refractivity contribution in [2.24, 2.45) is 0 Å².